The normalized spacial score (nSPS) is 11.3. The van der Waals surface area contributed by atoms with Gasteiger partial charge in [0.05, 0.1) is 9.80 Å². The average Bonchev–Trinajstić information content (AvgIpc) is 3.24. The molecule has 2 aromatic carbocycles. The van der Waals surface area contributed by atoms with Gasteiger partial charge in [-0.3, -0.25) is 19.7 Å². The van der Waals surface area contributed by atoms with Crippen molar-refractivity contribution < 1.29 is 14.5 Å². The summed E-state index contributed by atoms with van der Waals surface area (Å²) in [7, 11) is 0. The lowest BCUT2D eigenvalue weighted by molar-refractivity contribution is -0.383. The van der Waals surface area contributed by atoms with E-state index in [1.54, 1.807) is 43.3 Å². The van der Waals surface area contributed by atoms with Crippen LogP contribution >= 0.6 is 11.3 Å². The lowest BCUT2D eigenvalue weighted by Crippen LogP contribution is -2.32. The molecule has 0 aliphatic rings. The molecule has 0 fully saturated rings. The molecule has 8 nitrogen and oxygen atoms in total. The van der Waals surface area contributed by atoms with Gasteiger partial charge in [0.1, 0.15) is 11.7 Å². The van der Waals surface area contributed by atoms with Crippen LogP contribution in [0.4, 0.5) is 22.7 Å². The number of hydrogen-bond acceptors (Lipinski definition) is 6. The third-order valence-electron chi connectivity index (χ3n) is 4.02. The number of para-hydroxylation sites is 2. The molecule has 0 spiro atoms. The van der Waals surface area contributed by atoms with E-state index in [0.717, 1.165) is 0 Å². The van der Waals surface area contributed by atoms with Crippen LogP contribution in [0.25, 0.3) is 0 Å². The molecule has 9 heteroatoms. The SMILES string of the molecule is CC(Nc1ccc(NC(=O)c2cccs2)cc1)C(=O)Nc1ccccc1[N+](=O)[O-]. The molecule has 0 bridgehead atoms. The van der Waals surface area contributed by atoms with Gasteiger partial charge in [-0.05, 0) is 48.7 Å². The molecule has 148 valence electrons. The number of nitrogens with one attached hydrogen (secondary N) is 3. The summed E-state index contributed by atoms with van der Waals surface area (Å²) in [6, 6.07) is 15.8. The van der Waals surface area contributed by atoms with Crippen molar-refractivity contribution in [2.45, 2.75) is 13.0 Å². The van der Waals surface area contributed by atoms with Gasteiger partial charge < -0.3 is 16.0 Å². The quantitative estimate of drug-likeness (QED) is 0.396. The monoisotopic (exact) mass is 410 g/mol. The predicted octanol–water partition coefficient (Wildman–Crippen LogP) is 4.35. The number of nitro benzene ring substituents is 1. The molecular weight excluding hydrogens is 392 g/mol. The van der Waals surface area contributed by atoms with Crippen LogP contribution in [-0.2, 0) is 4.79 Å². The molecule has 3 aromatic rings. The van der Waals surface area contributed by atoms with Crippen LogP contribution in [-0.4, -0.2) is 22.8 Å². The Kier molecular flexibility index (Phi) is 6.20. The van der Waals surface area contributed by atoms with Crippen LogP contribution in [0.3, 0.4) is 0 Å². The third kappa shape index (κ3) is 5.17. The molecule has 29 heavy (non-hydrogen) atoms. The largest absolute Gasteiger partial charge is 0.374 e. The Morgan fingerprint density at radius 3 is 2.31 bits per heavy atom. The van der Waals surface area contributed by atoms with E-state index in [-0.39, 0.29) is 17.3 Å². The zero-order valence-electron chi connectivity index (χ0n) is 15.4. The topological polar surface area (TPSA) is 113 Å². The van der Waals surface area contributed by atoms with E-state index in [9.17, 15) is 19.7 Å². The number of carbonyl (C=O) groups is 2. The van der Waals surface area contributed by atoms with Crippen LogP contribution in [0, 0.1) is 10.1 Å². The van der Waals surface area contributed by atoms with Gasteiger partial charge in [0, 0.05) is 17.4 Å². The number of rotatable bonds is 7. The summed E-state index contributed by atoms with van der Waals surface area (Å²) >= 11 is 1.36. The standard InChI is InChI=1S/C20H18N4O4S/c1-13(19(25)23-16-5-2-3-6-17(16)24(27)28)21-14-8-10-15(11-9-14)22-20(26)18-7-4-12-29-18/h2-13,21H,1H3,(H,22,26)(H,23,25). The minimum atomic E-state index is -0.638. The summed E-state index contributed by atoms with van der Waals surface area (Å²) in [6.45, 7) is 1.65. The van der Waals surface area contributed by atoms with Crippen molar-refractivity contribution in [1.82, 2.24) is 0 Å². The van der Waals surface area contributed by atoms with Crippen LogP contribution in [0.1, 0.15) is 16.6 Å². The first kappa shape index (κ1) is 20.0. The van der Waals surface area contributed by atoms with E-state index in [0.29, 0.717) is 16.3 Å². The van der Waals surface area contributed by atoms with Gasteiger partial charge in [0.2, 0.25) is 5.91 Å². The Balaban J connectivity index is 1.59. The number of thiophene rings is 1. The first-order chi connectivity index (χ1) is 13.9. The van der Waals surface area contributed by atoms with Crippen molar-refractivity contribution in [1.29, 1.82) is 0 Å². The Hall–Kier alpha value is -3.72. The summed E-state index contributed by atoms with van der Waals surface area (Å²) in [5.41, 5.74) is 1.27. The molecule has 3 N–H and O–H groups in total. The van der Waals surface area contributed by atoms with E-state index >= 15 is 0 Å². The van der Waals surface area contributed by atoms with E-state index < -0.39 is 16.9 Å². The summed E-state index contributed by atoms with van der Waals surface area (Å²) in [5, 5.41) is 21.3. The highest BCUT2D eigenvalue weighted by Gasteiger charge is 2.18. The molecule has 1 atom stereocenters. The van der Waals surface area contributed by atoms with Crippen molar-refractivity contribution >= 4 is 45.9 Å². The minimum absolute atomic E-state index is 0.141. The molecule has 0 radical (unpaired) electrons. The Labute approximate surface area is 170 Å². The number of nitrogens with zero attached hydrogens (tertiary/aromatic N) is 1. The fourth-order valence-electron chi connectivity index (χ4n) is 2.55. The summed E-state index contributed by atoms with van der Waals surface area (Å²) in [4.78, 5) is 35.6. The molecule has 0 aliphatic heterocycles. The molecule has 1 unspecified atom stereocenters. The molecular formula is C20H18N4O4S. The number of amides is 2. The molecule has 3 rings (SSSR count). The van der Waals surface area contributed by atoms with Gasteiger partial charge in [-0.15, -0.1) is 11.3 Å². The summed E-state index contributed by atoms with van der Waals surface area (Å²) in [6.07, 6.45) is 0. The second-order valence-corrected chi connectivity index (χ2v) is 7.09. The van der Waals surface area contributed by atoms with E-state index in [1.165, 1.54) is 29.5 Å². The molecule has 1 heterocycles. The van der Waals surface area contributed by atoms with Gasteiger partial charge >= 0.3 is 0 Å². The second kappa shape index (κ2) is 8.98. The van der Waals surface area contributed by atoms with Gasteiger partial charge in [-0.25, -0.2) is 0 Å². The fraction of sp³-hybridized carbons (Fsp3) is 0.100. The highest BCUT2D eigenvalue weighted by Crippen LogP contribution is 2.23. The van der Waals surface area contributed by atoms with Gasteiger partial charge in [-0.2, -0.15) is 0 Å². The maximum absolute atomic E-state index is 12.4. The van der Waals surface area contributed by atoms with E-state index in [4.69, 9.17) is 0 Å². The Bertz CT molecular complexity index is 1020. The van der Waals surface area contributed by atoms with Crippen LogP contribution in [0.5, 0.6) is 0 Å². The highest BCUT2D eigenvalue weighted by atomic mass is 32.1. The summed E-state index contributed by atoms with van der Waals surface area (Å²) in [5.74, 6) is -0.590. The van der Waals surface area contributed by atoms with Crippen LogP contribution in [0.15, 0.2) is 66.0 Å². The van der Waals surface area contributed by atoms with Crippen molar-refractivity contribution in [3.05, 3.63) is 81.0 Å². The third-order valence-corrected chi connectivity index (χ3v) is 4.89. The molecule has 1 aromatic heterocycles. The smallest absolute Gasteiger partial charge is 0.292 e. The minimum Gasteiger partial charge on any atom is -0.374 e. The zero-order valence-corrected chi connectivity index (χ0v) is 16.2. The zero-order chi connectivity index (χ0) is 20.8. The van der Waals surface area contributed by atoms with E-state index in [1.807, 2.05) is 11.4 Å². The number of anilines is 3. The number of nitro groups is 1. The predicted molar refractivity (Wildman–Crippen MR) is 114 cm³/mol. The molecule has 0 saturated carbocycles. The number of benzene rings is 2. The highest BCUT2D eigenvalue weighted by molar-refractivity contribution is 7.12. The van der Waals surface area contributed by atoms with Crippen molar-refractivity contribution in [3.63, 3.8) is 0 Å². The molecule has 2 amide bonds. The molecule has 0 aliphatic carbocycles. The lowest BCUT2D eigenvalue weighted by Gasteiger charge is -2.15. The van der Waals surface area contributed by atoms with Gasteiger partial charge in [0.15, 0.2) is 0 Å². The Morgan fingerprint density at radius 1 is 0.966 bits per heavy atom. The van der Waals surface area contributed by atoms with Crippen LogP contribution in [0.2, 0.25) is 0 Å². The second-order valence-electron chi connectivity index (χ2n) is 6.14. The molecule has 0 saturated heterocycles. The van der Waals surface area contributed by atoms with Crippen molar-refractivity contribution in [3.8, 4) is 0 Å². The number of carbonyl (C=O) groups excluding carboxylic acids is 2. The maximum Gasteiger partial charge on any atom is 0.292 e. The van der Waals surface area contributed by atoms with E-state index in [2.05, 4.69) is 16.0 Å². The first-order valence-corrected chi connectivity index (χ1v) is 9.58. The average molecular weight is 410 g/mol. The first-order valence-electron chi connectivity index (χ1n) is 8.70. The van der Waals surface area contributed by atoms with Crippen LogP contribution < -0.4 is 16.0 Å². The van der Waals surface area contributed by atoms with Crippen molar-refractivity contribution in [2.75, 3.05) is 16.0 Å². The summed E-state index contributed by atoms with van der Waals surface area (Å²) < 4.78 is 0. The maximum atomic E-state index is 12.4. The lowest BCUT2D eigenvalue weighted by atomic mass is 10.2. The van der Waals surface area contributed by atoms with Gasteiger partial charge in [0.25, 0.3) is 11.6 Å². The number of hydrogen-bond donors (Lipinski definition) is 3. The van der Waals surface area contributed by atoms with Crippen molar-refractivity contribution in [2.24, 2.45) is 0 Å². The van der Waals surface area contributed by atoms with Gasteiger partial charge in [-0.1, -0.05) is 18.2 Å². The fourth-order valence-corrected chi connectivity index (χ4v) is 3.16. The Morgan fingerprint density at radius 2 is 1.66 bits per heavy atom.